The highest BCUT2D eigenvalue weighted by atomic mass is 79.9. The average molecular weight is 411 g/mol. The summed E-state index contributed by atoms with van der Waals surface area (Å²) in [5, 5.41) is -1.01. The van der Waals surface area contributed by atoms with Gasteiger partial charge < -0.3 is 23.7 Å². The summed E-state index contributed by atoms with van der Waals surface area (Å²) in [5.41, 5.74) is -1.69. The summed E-state index contributed by atoms with van der Waals surface area (Å²) in [6, 6.07) is 0. The van der Waals surface area contributed by atoms with Crippen molar-refractivity contribution >= 4 is 39.8 Å². The molecule has 1 rings (SSSR count). The Hall–Kier alpha value is -1.68. The van der Waals surface area contributed by atoms with Crippen LogP contribution >= 0.6 is 15.9 Å². The van der Waals surface area contributed by atoms with Gasteiger partial charge >= 0.3 is 23.9 Å². The fraction of sp³-hybridized carbons (Fsp3) is 0.714. The SMILES string of the molecule is COC(=O)[C@@H]1O[C@H](Br)[C@H](OC(C)=O)[C@@](C)(OC(C)=O)[C@H]1OC(C)=O. The van der Waals surface area contributed by atoms with Gasteiger partial charge in [-0.2, -0.15) is 0 Å². The van der Waals surface area contributed by atoms with Gasteiger partial charge in [-0.25, -0.2) is 4.79 Å². The molecule has 10 heteroatoms. The maximum Gasteiger partial charge on any atom is 0.339 e. The van der Waals surface area contributed by atoms with Crippen molar-refractivity contribution in [3.05, 3.63) is 0 Å². The minimum absolute atomic E-state index is 0.676. The minimum atomic E-state index is -1.69. The summed E-state index contributed by atoms with van der Waals surface area (Å²) in [6.45, 7) is 4.78. The highest BCUT2D eigenvalue weighted by molar-refractivity contribution is 9.09. The van der Waals surface area contributed by atoms with Gasteiger partial charge in [0.15, 0.2) is 28.9 Å². The molecule has 0 aromatic heterocycles. The maximum absolute atomic E-state index is 12.0. The Balaban J connectivity index is 3.40. The Morgan fingerprint density at radius 3 is 1.88 bits per heavy atom. The molecule has 0 spiro atoms. The standard InChI is InChI=1S/C14H19BrO9/c1-6(16)21-10-9(13(19)20-5)23-12(15)11(22-7(2)17)14(10,4)24-8(3)18/h9-12H,1-5H3/t9-,10+,11+,12+,14+/m1/s1. The molecule has 0 saturated carbocycles. The van der Waals surface area contributed by atoms with Gasteiger partial charge in [-0.1, -0.05) is 15.9 Å². The van der Waals surface area contributed by atoms with Crippen LogP contribution in [0.2, 0.25) is 0 Å². The maximum atomic E-state index is 12.0. The van der Waals surface area contributed by atoms with Crippen LogP contribution in [-0.4, -0.2) is 59.9 Å². The van der Waals surface area contributed by atoms with E-state index in [1.165, 1.54) is 6.92 Å². The van der Waals surface area contributed by atoms with E-state index in [1.807, 2.05) is 0 Å². The second-order valence-electron chi connectivity index (χ2n) is 5.27. The van der Waals surface area contributed by atoms with E-state index in [-0.39, 0.29) is 0 Å². The van der Waals surface area contributed by atoms with Crippen LogP contribution in [0.15, 0.2) is 0 Å². The fourth-order valence-electron chi connectivity index (χ4n) is 2.43. The first-order chi connectivity index (χ1) is 11.0. The molecule has 1 aliphatic rings. The first-order valence-corrected chi connectivity index (χ1v) is 7.85. The lowest BCUT2D eigenvalue weighted by molar-refractivity contribution is -0.264. The lowest BCUT2D eigenvalue weighted by Crippen LogP contribution is -2.68. The monoisotopic (exact) mass is 410 g/mol. The average Bonchev–Trinajstić information content (AvgIpc) is 2.44. The third-order valence-corrected chi connectivity index (χ3v) is 4.00. The number of esters is 4. The highest BCUT2D eigenvalue weighted by Gasteiger charge is 2.61. The van der Waals surface area contributed by atoms with Gasteiger partial charge in [0.05, 0.1) is 7.11 Å². The highest BCUT2D eigenvalue weighted by Crippen LogP contribution is 2.39. The van der Waals surface area contributed by atoms with Crippen LogP contribution in [0.1, 0.15) is 27.7 Å². The molecule has 0 aliphatic carbocycles. The van der Waals surface area contributed by atoms with Gasteiger partial charge in [-0.3, -0.25) is 14.4 Å². The molecule has 0 bridgehead atoms. The number of hydrogen-bond acceptors (Lipinski definition) is 9. The topological polar surface area (TPSA) is 114 Å². The molecule has 9 nitrogen and oxygen atoms in total. The second-order valence-corrected chi connectivity index (χ2v) is 6.17. The number of halogens is 1. The molecule has 1 aliphatic heterocycles. The lowest BCUT2D eigenvalue weighted by Gasteiger charge is -2.48. The van der Waals surface area contributed by atoms with Crippen molar-refractivity contribution in [1.82, 2.24) is 0 Å². The third-order valence-electron chi connectivity index (χ3n) is 3.30. The molecular weight excluding hydrogens is 392 g/mol. The zero-order valence-corrected chi connectivity index (χ0v) is 15.4. The zero-order valence-electron chi connectivity index (χ0n) is 13.9. The summed E-state index contributed by atoms with van der Waals surface area (Å²) in [6.07, 6.45) is -3.95. The van der Waals surface area contributed by atoms with E-state index in [4.69, 9.17) is 18.9 Å². The molecule has 0 N–H and O–H groups in total. The first-order valence-electron chi connectivity index (χ1n) is 6.94. The Bertz CT molecular complexity index is 534. The first kappa shape index (κ1) is 20.4. The lowest BCUT2D eigenvalue weighted by atomic mass is 9.85. The van der Waals surface area contributed by atoms with E-state index in [2.05, 4.69) is 20.7 Å². The number of carbonyl (C=O) groups excluding carboxylic acids is 4. The van der Waals surface area contributed by atoms with E-state index in [0.717, 1.165) is 27.9 Å². The smallest absolute Gasteiger partial charge is 0.339 e. The van der Waals surface area contributed by atoms with Crippen molar-refractivity contribution in [2.45, 2.75) is 56.6 Å². The van der Waals surface area contributed by atoms with Crippen molar-refractivity contribution in [3.8, 4) is 0 Å². The zero-order chi connectivity index (χ0) is 18.7. The Morgan fingerprint density at radius 2 is 1.46 bits per heavy atom. The predicted molar refractivity (Wildman–Crippen MR) is 80.9 cm³/mol. The quantitative estimate of drug-likeness (QED) is 0.370. The van der Waals surface area contributed by atoms with Crippen molar-refractivity contribution < 1.29 is 42.9 Å². The van der Waals surface area contributed by atoms with Crippen LogP contribution in [0.3, 0.4) is 0 Å². The fourth-order valence-corrected chi connectivity index (χ4v) is 3.30. The van der Waals surface area contributed by atoms with Crippen LogP contribution < -0.4 is 0 Å². The largest absolute Gasteiger partial charge is 0.467 e. The van der Waals surface area contributed by atoms with Crippen molar-refractivity contribution in [2.75, 3.05) is 7.11 Å². The van der Waals surface area contributed by atoms with E-state index < -0.39 is 52.8 Å². The van der Waals surface area contributed by atoms with Gasteiger partial charge in [0.25, 0.3) is 0 Å². The van der Waals surface area contributed by atoms with Crippen molar-refractivity contribution in [2.24, 2.45) is 0 Å². The summed E-state index contributed by atoms with van der Waals surface area (Å²) >= 11 is 3.14. The molecule has 0 radical (unpaired) electrons. The molecule has 136 valence electrons. The van der Waals surface area contributed by atoms with Crippen LogP contribution in [0.4, 0.5) is 0 Å². The number of carbonyl (C=O) groups is 4. The Labute approximate surface area is 147 Å². The van der Waals surface area contributed by atoms with Crippen LogP contribution in [0, 0.1) is 0 Å². The van der Waals surface area contributed by atoms with E-state index >= 15 is 0 Å². The summed E-state index contributed by atoms with van der Waals surface area (Å²) in [5.74, 6) is -2.99. The number of methoxy groups -OCH3 is 1. The molecule has 0 aromatic rings. The third kappa shape index (κ3) is 4.44. The number of ether oxygens (including phenoxy) is 5. The van der Waals surface area contributed by atoms with Gasteiger partial charge in [0, 0.05) is 20.8 Å². The summed E-state index contributed by atoms with van der Waals surface area (Å²) < 4.78 is 25.7. The molecule has 1 fully saturated rings. The molecule has 0 aromatic carbocycles. The van der Waals surface area contributed by atoms with Gasteiger partial charge in [0.1, 0.15) is 0 Å². The predicted octanol–water partition coefficient (Wildman–Crippen LogP) is 0.464. The van der Waals surface area contributed by atoms with E-state index in [1.54, 1.807) is 0 Å². The Morgan fingerprint density at radius 1 is 0.958 bits per heavy atom. The Kier molecular flexibility index (Phi) is 6.73. The van der Waals surface area contributed by atoms with E-state index in [9.17, 15) is 19.2 Å². The second kappa shape index (κ2) is 7.93. The molecule has 0 amide bonds. The van der Waals surface area contributed by atoms with E-state index in [0.29, 0.717) is 0 Å². The van der Waals surface area contributed by atoms with Crippen LogP contribution in [0.5, 0.6) is 0 Å². The van der Waals surface area contributed by atoms with Crippen LogP contribution in [-0.2, 0) is 42.9 Å². The molecule has 1 saturated heterocycles. The van der Waals surface area contributed by atoms with Gasteiger partial charge in [-0.05, 0) is 6.92 Å². The molecule has 24 heavy (non-hydrogen) atoms. The number of rotatable bonds is 4. The van der Waals surface area contributed by atoms with Crippen molar-refractivity contribution in [3.63, 3.8) is 0 Å². The summed E-state index contributed by atoms with van der Waals surface area (Å²) in [4.78, 5) is 46.4. The number of hydrogen-bond donors (Lipinski definition) is 0. The van der Waals surface area contributed by atoms with Crippen LogP contribution in [0.25, 0.3) is 0 Å². The molecule has 0 unspecified atom stereocenters. The summed E-state index contributed by atoms with van der Waals surface area (Å²) in [7, 11) is 1.13. The minimum Gasteiger partial charge on any atom is -0.467 e. The molecule has 5 atom stereocenters. The molecule has 1 heterocycles. The van der Waals surface area contributed by atoms with Gasteiger partial charge in [-0.15, -0.1) is 0 Å². The van der Waals surface area contributed by atoms with Crippen molar-refractivity contribution in [1.29, 1.82) is 0 Å². The van der Waals surface area contributed by atoms with Gasteiger partial charge in [0.2, 0.25) is 0 Å². The molecular formula is C14H19BrO9. The number of alkyl halides is 1. The normalized spacial score (nSPS) is 32.4.